The van der Waals surface area contributed by atoms with Gasteiger partial charge in [0.15, 0.2) is 17.5 Å². The first kappa shape index (κ1) is 47.7. The summed E-state index contributed by atoms with van der Waals surface area (Å²) in [6.07, 6.45) is -23.7. The Hall–Kier alpha value is -6.83. The van der Waals surface area contributed by atoms with E-state index in [4.69, 9.17) is 0 Å². The molecule has 0 aliphatic rings. The maximum Gasteiger partial charge on any atom is 0.411 e. The lowest BCUT2D eigenvalue weighted by molar-refractivity contribution is -0.290. The number of alkyl halides is 12. The van der Waals surface area contributed by atoms with Gasteiger partial charge in [-0.1, -0.05) is 119 Å². The first-order valence-corrected chi connectivity index (χ1v) is 20.8. The van der Waals surface area contributed by atoms with Crippen LogP contribution >= 0.6 is 15.9 Å². The van der Waals surface area contributed by atoms with Gasteiger partial charge in [-0.15, -0.1) is 20.4 Å². The lowest BCUT2D eigenvalue weighted by atomic mass is 9.72. The molecule has 0 bridgehead atoms. The zero-order chi connectivity index (χ0) is 49.2. The van der Waals surface area contributed by atoms with Gasteiger partial charge in [0.25, 0.3) is 0 Å². The fourth-order valence-electron chi connectivity index (χ4n) is 8.32. The number of hydrogen-bond donors (Lipinski definition) is 0. The fraction of sp³-hybridized carbons (Fsp3) is 0.167. The summed E-state index contributed by atoms with van der Waals surface area (Å²) >= 11 is 3.30. The third kappa shape index (κ3) is 7.90. The largest absolute Gasteiger partial charge is 0.411 e. The van der Waals surface area contributed by atoms with Crippen LogP contribution in [0.5, 0.6) is 0 Å². The molecular formula is C48H30BrF13N6. The SMILES string of the molecule is Cc1ccc(C(c2ccc(-c3nnc(-c4ccc(C(c5ccc(-c6nnc(C)n6-c6ccc(F)cc6)cc5)(C(F)(F)F)C(F)(F)F)cc4)n3-c3ccc(Br)cc3)cc2)(C(F)(F)F)C(F)(F)F)cc1. The molecule has 350 valence electrons. The summed E-state index contributed by atoms with van der Waals surface area (Å²) in [5, 5.41) is 16.3. The van der Waals surface area contributed by atoms with Crippen molar-refractivity contribution >= 4 is 15.9 Å². The average Bonchev–Trinajstić information content (AvgIpc) is 3.88. The Morgan fingerprint density at radius 3 is 1.01 bits per heavy atom. The molecule has 8 rings (SSSR count). The highest BCUT2D eigenvalue weighted by molar-refractivity contribution is 9.10. The van der Waals surface area contributed by atoms with Gasteiger partial charge in [-0.25, -0.2) is 4.39 Å². The third-order valence-electron chi connectivity index (χ3n) is 11.6. The summed E-state index contributed by atoms with van der Waals surface area (Å²) in [6.45, 7) is 3.05. The summed E-state index contributed by atoms with van der Waals surface area (Å²) < 4.78 is 198. The molecule has 2 aromatic heterocycles. The van der Waals surface area contributed by atoms with Crippen LogP contribution in [-0.4, -0.2) is 54.2 Å². The summed E-state index contributed by atoms with van der Waals surface area (Å²) in [4.78, 5) is 0. The van der Waals surface area contributed by atoms with E-state index >= 15 is 26.3 Å². The van der Waals surface area contributed by atoms with Crippen LogP contribution in [0.4, 0.5) is 57.1 Å². The summed E-state index contributed by atoms with van der Waals surface area (Å²) in [6, 6.07) is 24.9. The molecule has 6 aromatic carbocycles. The number of hydrogen-bond acceptors (Lipinski definition) is 4. The molecule has 8 aromatic rings. The Kier molecular flexibility index (Phi) is 11.9. The van der Waals surface area contributed by atoms with Crippen molar-refractivity contribution in [1.82, 2.24) is 29.5 Å². The molecule has 68 heavy (non-hydrogen) atoms. The molecule has 20 heteroatoms. The molecule has 0 aliphatic carbocycles. The van der Waals surface area contributed by atoms with Crippen molar-refractivity contribution in [1.29, 1.82) is 0 Å². The molecule has 0 unspecified atom stereocenters. The molecule has 0 saturated heterocycles. The maximum absolute atomic E-state index is 15.3. The van der Waals surface area contributed by atoms with Crippen molar-refractivity contribution < 1.29 is 57.1 Å². The van der Waals surface area contributed by atoms with Crippen molar-refractivity contribution in [3.8, 4) is 45.5 Å². The van der Waals surface area contributed by atoms with Crippen LogP contribution in [0, 0.1) is 19.7 Å². The highest BCUT2D eigenvalue weighted by atomic mass is 79.9. The molecule has 6 nitrogen and oxygen atoms in total. The van der Waals surface area contributed by atoms with Gasteiger partial charge in [-0.2, -0.15) is 52.7 Å². The molecule has 0 aliphatic heterocycles. The summed E-state index contributed by atoms with van der Waals surface area (Å²) in [7, 11) is 0. The second-order valence-corrected chi connectivity index (χ2v) is 16.5. The zero-order valence-electron chi connectivity index (χ0n) is 34.8. The predicted molar refractivity (Wildman–Crippen MR) is 228 cm³/mol. The Balaban J connectivity index is 1.22. The van der Waals surface area contributed by atoms with Gasteiger partial charge in [0.1, 0.15) is 11.6 Å². The van der Waals surface area contributed by atoms with Crippen molar-refractivity contribution in [3.63, 3.8) is 0 Å². The molecule has 0 N–H and O–H groups in total. The molecule has 0 fully saturated rings. The van der Waals surface area contributed by atoms with Crippen LogP contribution in [0.15, 0.2) is 150 Å². The Labute approximate surface area is 385 Å². The minimum Gasteiger partial charge on any atom is -0.279 e. The van der Waals surface area contributed by atoms with Gasteiger partial charge in [0.05, 0.1) is 0 Å². The van der Waals surface area contributed by atoms with Crippen LogP contribution < -0.4 is 0 Å². The maximum atomic E-state index is 15.3. The average molecular weight is 1020 g/mol. The number of aryl methyl sites for hydroxylation is 2. The highest BCUT2D eigenvalue weighted by Crippen LogP contribution is 2.58. The van der Waals surface area contributed by atoms with Gasteiger partial charge >= 0.3 is 24.7 Å². The molecular weight excluding hydrogens is 987 g/mol. The number of aromatic nitrogens is 6. The number of nitrogens with zero attached hydrogens (tertiary/aromatic N) is 6. The lowest BCUT2D eigenvalue weighted by Crippen LogP contribution is -2.54. The molecule has 0 amide bonds. The quantitative estimate of drug-likeness (QED) is 0.135. The van der Waals surface area contributed by atoms with E-state index < -0.39 is 63.6 Å². The van der Waals surface area contributed by atoms with E-state index in [-0.39, 0.29) is 39.9 Å². The van der Waals surface area contributed by atoms with E-state index in [0.29, 0.717) is 57.9 Å². The van der Waals surface area contributed by atoms with Crippen LogP contribution in [0.1, 0.15) is 33.6 Å². The normalized spacial score (nSPS) is 13.0. The second kappa shape index (κ2) is 17.0. The Morgan fingerprint density at radius 1 is 0.368 bits per heavy atom. The van der Waals surface area contributed by atoms with Crippen molar-refractivity contribution in [2.24, 2.45) is 0 Å². The lowest BCUT2D eigenvalue weighted by Gasteiger charge is -2.38. The highest BCUT2D eigenvalue weighted by Gasteiger charge is 2.73. The molecule has 2 heterocycles. The number of rotatable bonds is 9. The first-order valence-electron chi connectivity index (χ1n) is 20.0. The van der Waals surface area contributed by atoms with E-state index in [0.717, 1.165) is 72.8 Å². The molecule has 0 atom stereocenters. The van der Waals surface area contributed by atoms with E-state index in [2.05, 4.69) is 36.3 Å². The van der Waals surface area contributed by atoms with Gasteiger partial charge in [-0.05, 0) is 84.6 Å². The van der Waals surface area contributed by atoms with Crippen LogP contribution in [0.2, 0.25) is 0 Å². The van der Waals surface area contributed by atoms with E-state index in [1.54, 1.807) is 19.1 Å². The van der Waals surface area contributed by atoms with Crippen molar-refractivity contribution in [3.05, 3.63) is 190 Å². The van der Waals surface area contributed by atoms with Crippen LogP contribution in [0.25, 0.3) is 45.5 Å². The zero-order valence-corrected chi connectivity index (χ0v) is 36.4. The molecule has 0 spiro atoms. The smallest absolute Gasteiger partial charge is 0.279 e. The van der Waals surface area contributed by atoms with Crippen LogP contribution in [0.3, 0.4) is 0 Å². The predicted octanol–water partition coefficient (Wildman–Crippen LogP) is 14.2. The number of benzene rings is 6. The van der Waals surface area contributed by atoms with Gasteiger partial charge in [-0.3, -0.25) is 9.13 Å². The summed E-state index contributed by atoms with van der Waals surface area (Å²) in [5.41, 5.74) is -12.7. The monoisotopic (exact) mass is 1020 g/mol. The standard InChI is InChI=1S/C48H30BrF13N6/c1-27-3-11-32(12-4-27)43(45(51,52)53,46(54,55)56)33-15-7-30(8-16-33)41-65-66-42(68(41)39-23-19-36(49)20-24-39)31-9-17-35(18-10-31)44(47(57,58)59,48(60,61)62)34-13-5-29(6-14-34)40-64-63-28(2)67(40)38-25-21-37(50)22-26-38/h3-26H,1-2H3. The van der Waals surface area contributed by atoms with Gasteiger partial charge < -0.3 is 0 Å². The minimum atomic E-state index is -5.98. The number of halogens is 14. The summed E-state index contributed by atoms with van der Waals surface area (Å²) in [5.74, 6) is -0.515. The van der Waals surface area contributed by atoms with E-state index in [1.807, 2.05) is 0 Å². The van der Waals surface area contributed by atoms with E-state index in [1.165, 1.54) is 40.3 Å². The van der Waals surface area contributed by atoms with Gasteiger partial charge in [0.2, 0.25) is 10.8 Å². The van der Waals surface area contributed by atoms with Crippen molar-refractivity contribution in [2.45, 2.75) is 49.4 Å². The Morgan fingerprint density at radius 2 is 0.662 bits per heavy atom. The topological polar surface area (TPSA) is 61.4 Å². The fourth-order valence-corrected chi connectivity index (χ4v) is 8.58. The molecule has 0 radical (unpaired) electrons. The first-order chi connectivity index (χ1) is 31.9. The van der Waals surface area contributed by atoms with E-state index in [9.17, 15) is 30.7 Å². The third-order valence-corrected chi connectivity index (χ3v) is 12.1. The van der Waals surface area contributed by atoms with Crippen molar-refractivity contribution in [2.75, 3.05) is 0 Å². The second-order valence-electron chi connectivity index (χ2n) is 15.6. The van der Waals surface area contributed by atoms with Crippen LogP contribution in [-0.2, 0) is 10.8 Å². The minimum absolute atomic E-state index is 0.0446. The molecule has 0 saturated carbocycles. The Bertz CT molecular complexity index is 3030. The van der Waals surface area contributed by atoms with Gasteiger partial charge in [0, 0.05) is 32.5 Å².